The van der Waals surface area contributed by atoms with Crippen molar-refractivity contribution in [3.8, 4) is 11.6 Å². The van der Waals surface area contributed by atoms with Crippen LogP contribution in [0.5, 0.6) is 0 Å². The van der Waals surface area contributed by atoms with Gasteiger partial charge < -0.3 is 25.4 Å². The smallest absolute Gasteiger partial charge is 0.398 e. The number of hydrogen-bond donors (Lipinski definition) is 1. The van der Waals surface area contributed by atoms with Crippen LogP contribution in [-0.4, -0.2) is 50.6 Å². The van der Waals surface area contributed by atoms with E-state index in [0.29, 0.717) is 5.71 Å². The first kappa shape index (κ1) is 14.0. The van der Waals surface area contributed by atoms with E-state index in [1.54, 1.807) is 13.8 Å². The van der Waals surface area contributed by atoms with Crippen LogP contribution in [0, 0.1) is 20.2 Å². The number of nitro groups is 2. The Morgan fingerprint density at radius 1 is 1.10 bits per heavy atom. The summed E-state index contributed by atoms with van der Waals surface area (Å²) in [5.41, 5.74) is 0.467. The van der Waals surface area contributed by atoms with Crippen LogP contribution in [0.2, 0.25) is 0 Å². The molecule has 21 heavy (non-hydrogen) atoms. The Labute approximate surface area is 114 Å². The maximum Gasteiger partial charge on any atom is 0.494 e. The van der Waals surface area contributed by atoms with E-state index in [9.17, 15) is 25.4 Å². The maximum absolute atomic E-state index is 10.7. The summed E-state index contributed by atoms with van der Waals surface area (Å²) in [5, 5.41) is 41.1. The molecule has 0 aliphatic rings. The first-order valence-corrected chi connectivity index (χ1v) is 5.24. The van der Waals surface area contributed by atoms with Crippen molar-refractivity contribution in [2.24, 2.45) is 5.10 Å². The van der Waals surface area contributed by atoms with E-state index < -0.39 is 27.6 Å². The van der Waals surface area contributed by atoms with Crippen molar-refractivity contribution in [2.75, 3.05) is 0 Å². The van der Waals surface area contributed by atoms with Crippen LogP contribution in [-0.2, 0) is 0 Å². The molecule has 0 atom stereocenters. The zero-order chi connectivity index (χ0) is 15.7. The molecule has 0 unspecified atom stereocenters. The Morgan fingerprint density at radius 3 is 2.10 bits per heavy atom. The van der Waals surface area contributed by atoms with E-state index in [2.05, 4.69) is 25.3 Å². The average Bonchev–Trinajstić information content (AvgIpc) is 2.92. The Bertz CT molecular complexity index is 755. The zero-order valence-electron chi connectivity index (χ0n) is 10.6. The lowest BCUT2D eigenvalue weighted by Gasteiger charge is -1.90. The van der Waals surface area contributed by atoms with E-state index in [1.807, 2.05) is 0 Å². The van der Waals surface area contributed by atoms with Gasteiger partial charge in [-0.1, -0.05) is 0 Å². The molecule has 2 heterocycles. The summed E-state index contributed by atoms with van der Waals surface area (Å²) in [6, 6.07) is 0. The van der Waals surface area contributed by atoms with Crippen LogP contribution in [0.1, 0.15) is 13.8 Å². The Balaban J connectivity index is 2.64. The van der Waals surface area contributed by atoms with Crippen molar-refractivity contribution in [3.63, 3.8) is 0 Å². The van der Waals surface area contributed by atoms with E-state index >= 15 is 0 Å². The highest BCUT2D eigenvalue weighted by Gasteiger charge is 2.33. The van der Waals surface area contributed by atoms with Gasteiger partial charge in [0.2, 0.25) is 0 Å². The maximum atomic E-state index is 10.7. The van der Waals surface area contributed by atoms with Gasteiger partial charge >= 0.3 is 23.5 Å². The molecule has 0 spiro atoms. The zero-order valence-corrected chi connectivity index (χ0v) is 10.6. The molecule has 14 nitrogen and oxygen atoms in total. The second-order valence-electron chi connectivity index (χ2n) is 3.81. The molecule has 0 fully saturated rings. The standard InChI is InChI=1S/C7H7N9O5/c1-3(2)10-13-4(8-6(11-13)15(18)19)5-9-7(16(20)21)12-14(5)17/h17H,1-2H3. The third-order valence-corrected chi connectivity index (χ3v) is 1.98. The molecule has 2 aromatic heterocycles. The van der Waals surface area contributed by atoms with Gasteiger partial charge in [-0.3, -0.25) is 0 Å². The summed E-state index contributed by atoms with van der Waals surface area (Å²) in [7, 11) is 0. The molecular formula is C7H7N9O5. The fourth-order valence-corrected chi connectivity index (χ4v) is 1.28. The third-order valence-electron chi connectivity index (χ3n) is 1.98. The number of rotatable bonds is 4. The van der Waals surface area contributed by atoms with E-state index in [4.69, 9.17) is 0 Å². The normalized spacial score (nSPS) is 10.4. The monoisotopic (exact) mass is 297 g/mol. The van der Waals surface area contributed by atoms with Crippen molar-refractivity contribution < 1.29 is 15.1 Å². The lowest BCUT2D eigenvalue weighted by atomic mass is 10.5. The predicted molar refractivity (Wildman–Crippen MR) is 63.7 cm³/mol. The molecule has 0 amide bonds. The number of hydrogen-bond acceptors (Lipinski definition) is 10. The Morgan fingerprint density at radius 2 is 1.62 bits per heavy atom. The first-order valence-electron chi connectivity index (χ1n) is 5.24. The summed E-state index contributed by atoms with van der Waals surface area (Å²) in [4.78, 5) is 27.1. The van der Waals surface area contributed by atoms with Gasteiger partial charge in [-0.15, -0.1) is 5.10 Å². The second kappa shape index (κ2) is 4.91. The molecule has 0 radical (unpaired) electrons. The van der Waals surface area contributed by atoms with Gasteiger partial charge in [-0.2, -0.15) is 0 Å². The average molecular weight is 297 g/mol. The Kier molecular flexibility index (Phi) is 3.27. The van der Waals surface area contributed by atoms with Crippen molar-refractivity contribution in [3.05, 3.63) is 20.2 Å². The van der Waals surface area contributed by atoms with Crippen LogP contribution in [0.3, 0.4) is 0 Å². The van der Waals surface area contributed by atoms with Gasteiger partial charge in [0.15, 0.2) is 0 Å². The van der Waals surface area contributed by atoms with Crippen LogP contribution in [0.4, 0.5) is 11.9 Å². The number of aromatic nitrogens is 6. The van der Waals surface area contributed by atoms with Crippen LogP contribution in [0.25, 0.3) is 11.6 Å². The van der Waals surface area contributed by atoms with Crippen molar-refractivity contribution in [1.82, 2.24) is 29.8 Å². The molecule has 14 heteroatoms. The van der Waals surface area contributed by atoms with Crippen molar-refractivity contribution >= 4 is 17.6 Å². The molecule has 0 saturated carbocycles. The van der Waals surface area contributed by atoms with Crippen LogP contribution >= 0.6 is 0 Å². The minimum absolute atomic E-state index is 0.0723. The van der Waals surface area contributed by atoms with Gasteiger partial charge in [0, 0.05) is 10.6 Å². The molecule has 0 aliphatic carbocycles. The second-order valence-corrected chi connectivity index (χ2v) is 3.81. The van der Waals surface area contributed by atoms with Gasteiger partial charge in [0.05, 0.1) is 10.2 Å². The highest BCUT2D eigenvalue weighted by molar-refractivity contribution is 5.79. The lowest BCUT2D eigenvalue weighted by Crippen LogP contribution is -2.04. The number of nitrogens with zero attached hydrogens (tertiary/aromatic N) is 9. The highest BCUT2D eigenvalue weighted by atomic mass is 16.6. The topological polar surface area (TPSA) is 180 Å². The molecule has 0 saturated heterocycles. The fraction of sp³-hybridized carbons (Fsp3) is 0.286. The molecule has 1 N–H and O–H groups in total. The van der Waals surface area contributed by atoms with Crippen molar-refractivity contribution in [1.29, 1.82) is 0 Å². The quantitative estimate of drug-likeness (QED) is 0.346. The molecule has 110 valence electrons. The Hall–Kier alpha value is -3.45. The van der Waals surface area contributed by atoms with E-state index in [0.717, 1.165) is 4.79 Å². The van der Waals surface area contributed by atoms with Gasteiger partial charge in [0.1, 0.15) is 0 Å². The SMILES string of the molecule is CC(C)=Nn1nc([N+](=O)[O-])nc1-c1nc([N+](=O)[O-])nn1O. The van der Waals surface area contributed by atoms with Crippen molar-refractivity contribution in [2.45, 2.75) is 13.8 Å². The van der Waals surface area contributed by atoms with E-state index in [-0.39, 0.29) is 10.7 Å². The summed E-state index contributed by atoms with van der Waals surface area (Å²) >= 11 is 0. The predicted octanol–water partition coefficient (Wildman–Crippen LogP) is -0.166. The molecule has 2 rings (SSSR count). The summed E-state index contributed by atoms with van der Waals surface area (Å²) < 4.78 is 0. The highest BCUT2D eigenvalue weighted by Crippen LogP contribution is 2.19. The summed E-state index contributed by atoms with van der Waals surface area (Å²) in [6.45, 7) is 3.17. The largest absolute Gasteiger partial charge is 0.494 e. The first-order chi connectivity index (χ1) is 9.79. The van der Waals surface area contributed by atoms with E-state index in [1.165, 1.54) is 0 Å². The van der Waals surface area contributed by atoms with Crippen LogP contribution in [0.15, 0.2) is 5.10 Å². The van der Waals surface area contributed by atoms with Gasteiger partial charge in [-0.25, -0.2) is 0 Å². The summed E-state index contributed by atoms with van der Waals surface area (Å²) in [6.07, 6.45) is 0. The minimum atomic E-state index is -0.945. The third kappa shape index (κ3) is 2.62. The van der Waals surface area contributed by atoms with Gasteiger partial charge in [0.25, 0.3) is 0 Å². The molecule has 0 aliphatic heterocycles. The minimum Gasteiger partial charge on any atom is -0.398 e. The molecular weight excluding hydrogens is 290 g/mol. The fourth-order valence-electron chi connectivity index (χ4n) is 1.28. The van der Waals surface area contributed by atoms with Crippen LogP contribution < -0.4 is 0 Å². The molecule has 2 aromatic rings. The molecule has 0 aromatic carbocycles. The summed E-state index contributed by atoms with van der Waals surface area (Å²) in [5.74, 6) is -2.58. The van der Waals surface area contributed by atoms with Gasteiger partial charge in [-0.05, 0) is 38.5 Å². The lowest BCUT2D eigenvalue weighted by molar-refractivity contribution is -0.394. The molecule has 0 bridgehead atoms.